The molecular formula is C21H33N5. The highest BCUT2D eigenvalue weighted by atomic mass is 15.5. The SMILES string of the molecule is CCCCN1CN(CCCN2CCCCC2)Cn2c1nc1ccccc12. The van der Waals surface area contributed by atoms with E-state index in [4.69, 9.17) is 4.98 Å². The minimum absolute atomic E-state index is 0.971. The van der Waals surface area contributed by atoms with Gasteiger partial charge in [0, 0.05) is 13.1 Å². The van der Waals surface area contributed by atoms with E-state index >= 15 is 0 Å². The van der Waals surface area contributed by atoms with Gasteiger partial charge in [-0.05, 0) is 57.5 Å². The van der Waals surface area contributed by atoms with Gasteiger partial charge in [-0.1, -0.05) is 31.9 Å². The van der Waals surface area contributed by atoms with Gasteiger partial charge in [-0.25, -0.2) is 4.98 Å². The van der Waals surface area contributed by atoms with E-state index in [-0.39, 0.29) is 0 Å². The van der Waals surface area contributed by atoms with E-state index in [9.17, 15) is 0 Å². The zero-order valence-electron chi connectivity index (χ0n) is 16.2. The van der Waals surface area contributed by atoms with Gasteiger partial charge in [0.1, 0.15) is 0 Å². The Morgan fingerprint density at radius 2 is 1.69 bits per heavy atom. The number of anilines is 1. The predicted molar refractivity (Wildman–Crippen MR) is 108 cm³/mol. The fraction of sp³-hybridized carbons (Fsp3) is 0.667. The van der Waals surface area contributed by atoms with E-state index in [1.54, 1.807) is 0 Å². The van der Waals surface area contributed by atoms with Crippen LogP contribution in [0, 0.1) is 0 Å². The second-order valence-corrected chi connectivity index (χ2v) is 7.88. The first-order valence-electron chi connectivity index (χ1n) is 10.5. The molecule has 142 valence electrons. The third kappa shape index (κ3) is 3.89. The quantitative estimate of drug-likeness (QED) is 0.756. The van der Waals surface area contributed by atoms with Crippen LogP contribution in [0.3, 0.4) is 0 Å². The molecule has 0 N–H and O–H groups in total. The maximum atomic E-state index is 4.93. The first kappa shape index (κ1) is 17.8. The lowest BCUT2D eigenvalue weighted by Crippen LogP contribution is -2.46. The van der Waals surface area contributed by atoms with Crippen molar-refractivity contribution in [2.45, 2.75) is 52.1 Å². The largest absolute Gasteiger partial charge is 0.329 e. The van der Waals surface area contributed by atoms with Gasteiger partial charge in [-0.3, -0.25) is 9.47 Å². The molecule has 0 unspecified atom stereocenters. The number of benzene rings is 1. The van der Waals surface area contributed by atoms with Crippen molar-refractivity contribution in [3.05, 3.63) is 24.3 Å². The highest BCUT2D eigenvalue weighted by molar-refractivity contribution is 5.79. The monoisotopic (exact) mass is 355 g/mol. The van der Waals surface area contributed by atoms with E-state index in [0.29, 0.717) is 0 Å². The highest BCUT2D eigenvalue weighted by Crippen LogP contribution is 2.27. The summed E-state index contributed by atoms with van der Waals surface area (Å²) < 4.78 is 2.41. The van der Waals surface area contributed by atoms with Crippen LogP contribution < -0.4 is 4.90 Å². The molecule has 2 aromatic rings. The van der Waals surface area contributed by atoms with Crippen LogP contribution in [0.2, 0.25) is 0 Å². The first-order valence-corrected chi connectivity index (χ1v) is 10.5. The molecule has 0 bridgehead atoms. The van der Waals surface area contributed by atoms with Gasteiger partial charge in [-0.15, -0.1) is 0 Å². The molecule has 1 saturated heterocycles. The predicted octanol–water partition coefficient (Wildman–Crippen LogP) is 3.75. The summed E-state index contributed by atoms with van der Waals surface area (Å²) in [7, 11) is 0. The number of nitrogens with zero attached hydrogens (tertiary/aromatic N) is 5. The Morgan fingerprint density at radius 3 is 2.54 bits per heavy atom. The molecule has 0 saturated carbocycles. The lowest BCUT2D eigenvalue weighted by molar-refractivity contribution is 0.171. The van der Waals surface area contributed by atoms with E-state index < -0.39 is 0 Å². The van der Waals surface area contributed by atoms with Crippen LogP contribution >= 0.6 is 0 Å². The highest BCUT2D eigenvalue weighted by Gasteiger charge is 2.25. The standard InChI is InChI=1S/C21H33N5/c1-2-3-16-25-17-24(15-9-14-23-12-7-4-8-13-23)18-26-20-11-6-5-10-19(20)22-21(25)26/h5-6,10-11H,2-4,7-9,12-18H2,1H3. The molecule has 0 atom stereocenters. The Balaban J connectivity index is 1.44. The first-order chi connectivity index (χ1) is 12.8. The van der Waals surface area contributed by atoms with E-state index in [1.807, 2.05) is 0 Å². The molecule has 5 nitrogen and oxygen atoms in total. The normalized spacial score (nSPS) is 19.2. The van der Waals surface area contributed by atoms with Gasteiger partial charge in [0.25, 0.3) is 0 Å². The number of rotatable bonds is 7. The maximum Gasteiger partial charge on any atom is 0.208 e. The molecule has 1 fully saturated rings. The van der Waals surface area contributed by atoms with Crippen molar-refractivity contribution in [2.24, 2.45) is 0 Å². The lowest BCUT2D eigenvalue weighted by Gasteiger charge is -2.37. The van der Waals surface area contributed by atoms with E-state index in [2.05, 4.69) is 50.5 Å². The van der Waals surface area contributed by atoms with Gasteiger partial charge in [0.05, 0.1) is 24.4 Å². The van der Waals surface area contributed by atoms with Crippen LogP contribution in [0.5, 0.6) is 0 Å². The Labute approximate surface area is 157 Å². The summed E-state index contributed by atoms with van der Waals surface area (Å²) in [5.74, 6) is 1.16. The average molecular weight is 356 g/mol. The van der Waals surface area contributed by atoms with Crippen molar-refractivity contribution in [1.29, 1.82) is 0 Å². The summed E-state index contributed by atoms with van der Waals surface area (Å²) in [5, 5.41) is 0. The van der Waals surface area contributed by atoms with Crippen molar-refractivity contribution in [3.8, 4) is 0 Å². The smallest absolute Gasteiger partial charge is 0.208 e. The van der Waals surface area contributed by atoms with Gasteiger partial charge in [0.2, 0.25) is 5.95 Å². The molecule has 5 heteroatoms. The Hall–Kier alpha value is -1.59. The number of aromatic nitrogens is 2. The summed E-state index contributed by atoms with van der Waals surface area (Å²) in [6.07, 6.45) is 7.92. The van der Waals surface area contributed by atoms with Crippen LogP contribution in [0.4, 0.5) is 5.95 Å². The van der Waals surface area contributed by atoms with Gasteiger partial charge >= 0.3 is 0 Å². The van der Waals surface area contributed by atoms with Crippen molar-refractivity contribution < 1.29 is 0 Å². The summed E-state index contributed by atoms with van der Waals surface area (Å²) in [6.45, 7) is 10.4. The number of unbranched alkanes of at least 4 members (excludes halogenated alkanes) is 1. The molecule has 3 heterocycles. The van der Waals surface area contributed by atoms with E-state index in [0.717, 1.165) is 31.3 Å². The molecule has 0 radical (unpaired) electrons. The Morgan fingerprint density at radius 1 is 0.885 bits per heavy atom. The second kappa shape index (κ2) is 8.40. The fourth-order valence-electron chi connectivity index (χ4n) is 4.36. The topological polar surface area (TPSA) is 27.5 Å². The molecule has 0 amide bonds. The zero-order valence-corrected chi connectivity index (χ0v) is 16.2. The van der Waals surface area contributed by atoms with Gasteiger partial charge in [-0.2, -0.15) is 0 Å². The molecule has 2 aliphatic heterocycles. The molecule has 0 spiro atoms. The molecule has 4 rings (SSSR count). The molecular weight excluding hydrogens is 322 g/mol. The number of imidazole rings is 1. The summed E-state index contributed by atoms with van der Waals surface area (Å²) in [4.78, 5) is 12.7. The minimum atomic E-state index is 0.971. The van der Waals surface area contributed by atoms with Crippen LogP contribution in [-0.2, 0) is 6.67 Å². The van der Waals surface area contributed by atoms with Crippen LogP contribution in [-0.4, -0.2) is 58.7 Å². The molecule has 1 aromatic heterocycles. The van der Waals surface area contributed by atoms with Crippen molar-refractivity contribution in [2.75, 3.05) is 44.3 Å². The second-order valence-electron chi connectivity index (χ2n) is 7.88. The number of fused-ring (bicyclic) bond motifs is 3. The lowest BCUT2D eigenvalue weighted by atomic mass is 10.1. The Kier molecular flexibility index (Phi) is 5.75. The number of hydrogen-bond acceptors (Lipinski definition) is 4. The Bertz CT molecular complexity index is 703. The molecule has 2 aliphatic rings. The summed E-state index contributed by atoms with van der Waals surface area (Å²) in [6, 6.07) is 8.57. The van der Waals surface area contributed by atoms with Crippen molar-refractivity contribution in [1.82, 2.24) is 19.4 Å². The molecule has 0 aliphatic carbocycles. The van der Waals surface area contributed by atoms with Gasteiger partial charge in [0.15, 0.2) is 0 Å². The van der Waals surface area contributed by atoms with Crippen molar-refractivity contribution in [3.63, 3.8) is 0 Å². The summed E-state index contributed by atoms with van der Waals surface area (Å²) >= 11 is 0. The zero-order chi connectivity index (χ0) is 17.8. The third-order valence-electron chi connectivity index (χ3n) is 5.81. The number of piperidine rings is 1. The number of likely N-dealkylation sites (tertiary alicyclic amines) is 1. The minimum Gasteiger partial charge on any atom is -0.329 e. The number of para-hydroxylation sites is 2. The molecule has 26 heavy (non-hydrogen) atoms. The van der Waals surface area contributed by atoms with Crippen LogP contribution in [0.25, 0.3) is 11.0 Å². The maximum absolute atomic E-state index is 4.93. The van der Waals surface area contributed by atoms with E-state index in [1.165, 1.54) is 70.2 Å². The van der Waals surface area contributed by atoms with Crippen molar-refractivity contribution >= 4 is 17.0 Å². The van der Waals surface area contributed by atoms with Crippen LogP contribution in [0.15, 0.2) is 24.3 Å². The fourth-order valence-corrected chi connectivity index (χ4v) is 4.36. The van der Waals surface area contributed by atoms with Crippen LogP contribution in [0.1, 0.15) is 45.4 Å². The van der Waals surface area contributed by atoms with Gasteiger partial charge < -0.3 is 9.80 Å². The third-order valence-corrected chi connectivity index (χ3v) is 5.81. The summed E-state index contributed by atoms with van der Waals surface area (Å²) in [5.41, 5.74) is 2.39. The average Bonchev–Trinajstić information content (AvgIpc) is 3.06. The molecule has 1 aromatic carbocycles. The number of hydrogen-bond donors (Lipinski definition) is 0.